The van der Waals surface area contributed by atoms with Gasteiger partial charge in [-0.25, -0.2) is 0 Å². The van der Waals surface area contributed by atoms with Crippen LogP contribution in [0.4, 0.5) is 11.4 Å². The highest BCUT2D eigenvalue weighted by Crippen LogP contribution is 2.33. The van der Waals surface area contributed by atoms with Crippen LogP contribution in [0.2, 0.25) is 0 Å². The number of carbonyl (C=O) groups excluding carboxylic acids is 1. The monoisotopic (exact) mass is 325 g/mol. The number of halogens is 1. The van der Waals surface area contributed by atoms with Gasteiger partial charge in [-0.1, -0.05) is 12.8 Å². The average molecular weight is 326 g/mol. The third kappa shape index (κ3) is 3.21. The molecule has 19 heavy (non-hydrogen) atoms. The number of anilines is 2. The number of hydrogen-bond acceptors (Lipinski definition) is 3. The second-order valence-electron chi connectivity index (χ2n) is 5.26. The highest BCUT2D eigenvalue weighted by atomic mass is 79.9. The highest BCUT2D eigenvalue weighted by Gasteiger charge is 2.22. The van der Waals surface area contributed by atoms with Crippen molar-refractivity contribution >= 4 is 33.2 Å². The lowest BCUT2D eigenvalue weighted by atomic mass is 9.99. The first kappa shape index (κ1) is 14.2. The fraction of sp³-hybridized carbons (Fsp3) is 0.500. The molecular formula is C14H20BrN3O. The van der Waals surface area contributed by atoms with Gasteiger partial charge in [-0.3, -0.25) is 4.79 Å². The van der Waals surface area contributed by atoms with E-state index in [2.05, 4.69) is 28.2 Å². The lowest BCUT2D eigenvalue weighted by Crippen LogP contribution is -2.24. The molecule has 0 heterocycles. The molecular weight excluding hydrogens is 306 g/mol. The third-order valence-electron chi connectivity index (χ3n) is 3.89. The van der Waals surface area contributed by atoms with Gasteiger partial charge in [0.1, 0.15) is 0 Å². The molecule has 5 heteroatoms. The van der Waals surface area contributed by atoms with Crippen molar-refractivity contribution in [2.75, 3.05) is 11.1 Å². The van der Waals surface area contributed by atoms with Gasteiger partial charge in [-0.2, -0.15) is 0 Å². The van der Waals surface area contributed by atoms with Gasteiger partial charge in [0.25, 0.3) is 5.91 Å². The van der Waals surface area contributed by atoms with E-state index in [0.717, 1.165) is 10.2 Å². The zero-order valence-electron chi connectivity index (χ0n) is 11.1. The first-order chi connectivity index (χ1) is 8.99. The van der Waals surface area contributed by atoms with Crippen LogP contribution in [0.15, 0.2) is 16.6 Å². The van der Waals surface area contributed by atoms with E-state index in [1.165, 1.54) is 25.7 Å². The molecule has 5 N–H and O–H groups in total. The number of rotatable bonds is 4. The Balaban J connectivity index is 2.19. The summed E-state index contributed by atoms with van der Waals surface area (Å²) in [5, 5.41) is 3.46. The maximum atomic E-state index is 11.3. The fourth-order valence-electron chi connectivity index (χ4n) is 2.73. The number of nitrogen functional groups attached to an aromatic ring is 1. The van der Waals surface area contributed by atoms with E-state index >= 15 is 0 Å². The zero-order chi connectivity index (χ0) is 14.0. The van der Waals surface area contributed by atoms with Crippen LogP contribution in [0.1, 0.15) is 43.0 Å². The average Bonchev–Trinajstić information content (AvgIpc) is 2.85. The quantitative estimate of drug-likeness (QED) is 0.744. The van der Waals surface area contributed by atoms with Crippen LogP contribution in [-0.2, 0) is 0 Å². The van der Waals surface area contributed by atoms with Crippen molar-refractivity contribution in [3.8, 4) is 0 Å². The van der Waals surface area contributed by atoms with E-state index in [1.54, 1.807) is 12.1 Å². The topological polar surface area (TPSA) is 81.1 Å². The van der Waals surface area contributed by atoms with Crippen LogP contribution >= 0.6 is 15.9 Å². The Kier molecular flexibility index (Phi) is 4.34. The van der Waals surface area contributed by atoms with Gasteiger partial charge in [0, 0.05) is 21.9 Å². The second kappa shape index (κ2) is 5.82. The normalized spacial score (nSPS) is 17.4. The van der Waals surface area contributed by atoms with Crippen molar-refractivity contribution < 1.29 is 4.79 Å². The van der Waals surface area contributed by atoms with Crippen LogP contribution in [-0.4, -0.2) is 11.9 Å². The number of nitrogens with one attached hydrogen (secondary N) is 1. The molecule has 1 amide bonds. The van der Waals surface area contributed by atoms with Crippen molar-refractivity contribution in [3.63, 3.8) is 0 Å². The summed E-state index contributed by atoms with van der Waals surface area (Å²) in [6.45, 7) is 2.18. The molecule has 0 aliphatic heterocycles. The molecule has 1 atom stereocenters. The molecule has 1 aliphatic rings. The Labute approximate surface area is 122 Å². The van der Waals surface area contributed by atoms with Crippen molar-refractivity contribution in [2.45, 2.75) is 38.6 Å². The van der Waals surface area contributed by atoms with Gasteiger partial charge in [-0.15, -0.1) is 0 Å². The predicted octanol–water partition coefficient (Wildman–Crippen LogP) is 3.12. The zero-order valence-corrected chi connectivity index (χ0v) is 12.7. The van der Waals surface area contributed by atoms with Crippen molar-refractivity contribution in [1.29, 1.82) is 0 Å². The van der Waals surface area contributed by atoms with E-state index in [4.69, 9.17) is 11.5 Å². The van der Waals surface area contributed by atoms with Gasteiger partial charge in [0.15, 0.2) is 0 Å². The fourth-order valence-corrected chi connectivity index (χ4v) is 3.21. The molecule has 104 valence electrons. The van der Waals surface area contributed by atoms with Crippen LogP contribution < -0.4 is 16.8 Å². The van der Waals surface area contributed by atoms with Crippen LogP contribution in [0.25, 0.3) is 0 Å². The molecule has 0 bridgehead atoms. The Morgan fingerprint density at radius 3 is 2.63 bits per heavy atom. The molecule has 1 saturated carbocycles. The van der Waals surface area contributed by atoms with Crippen molar-refractivity contribution in [1.82, 2.24) is 0 Å². The summed E-state index contributed by atoms with van der Waals surface area (Å²) in [7, 11) is 0. The predicted molar refractivity (Wildman–Crippen MR) is 82.1 cm³/mol. The number of carbonyl (C=O) groups is 1. The third-order valence-corrected chi connectivity index (χ3v) is 4.55. The van der Waals surface area contributed by atoms with Crippen molar-refractivity contribution in [2.24, 2.45) is 11.7 Å². The minimum absolute atomic E-state index is 0.365. The van der Waals surface area contributed by atoms with E-state index < -0.39 is 5.91 Å². The first-order valence-electron chi connectivity index (χ1n) is 6.64. The van der Waals surface area contributed by atoms with Crippen molar-refractivity contribution in [3.05, 3.63) is 22.2 Å². The second-order valence-corrected chi connectivity index (χ2v) is 6.12. The van der Waals surface area contributed by atoms with Gasteiger partial charge in [-0.05, 0) is 53.7 Å². The maximum absolute atomic E-state index is 11.3. The summed E-state index contributed by atoms with van der Waals surface area (Å²) >= 11 is 3.47. The Bertz CT molecular complexity index is 484. The lowest BCUT2D eigenvalue weighted by molar-refractivity contribution is 0.100. The minimum atomic E-state index is -0.499. The lowest BCUT2D eigenvalue weighted by Gasteiger charge is -2.23. The molecule has 1 fully saturated rings. The minimum Gasteiger partial charge on any atom is -0.398 e. The van der Waals surface area contributed by atoms with E-state index in [9.17, 15) is 4.79 Å². The van der Waals surface area contributed by atoms with E-state index in [0.29, 0.717) is 23.2 Å². The molecule has 2 rings (SSSR count). The van der Waals surface area contributed by atoms with Crippen LogP contribution in [0.5, 0.6) is 0 Å². The molecule has 1 aliphatic carbocycles. The smallest absolute Gasteiger partial charge is 0.250 e. The summed E-state index contributed by atoms with van der Waals surface area (Å²) in [4.78, 5) is 11.3. The first-order valence-corrected chi connectivity index (χ1v) is 7.43. The summed E-state index contributed by atoms with van der Waals surface area (Å²) in [5.41, 5.74) is 12.8. The SMILES string of the molecule is CC(Nc1cc(C(N)=O)c(N)cc1Br)C1CCCC1. The number of nitrogens with two attached hydrogens (primary N) is 2. The van der Waals surface area contributed by atoms with Gasteiger partial charge in [0.2, 0.25) is 0 Å². The van der Waals surface area contributed by atoms with E-state index in [1.807, 2.05) is 0 Å². The summed E-state index contributed by atoms with van der Waals surface area (Å²) in [5.74, 6) is 0.197. The number of primary amides is 1. The Morgan fingerprint density at radius 1 is 1.42 bits per heavy atom. The molecule has 0 saturated heterocycles. The summed E-state index contributed by atoms with van der Waals surface area (Å²) < 4.78 is 0.861. The number of amides is 1. The molecule has 1 aromatic rings. The largest absolute Gasteiger partial charge is 0.398 e. The molecule has 0 aromatic heterocycles. The number of hydrogen-bond donors (Lipinski definition) is 3. The van der Waals surface area contributed by atoms with Gasteiger partial charge in [0.05, 0.1) is 5.56 Å². The van der Waals surface area contributed by atoms with Crippen LogP contribution in [0, 0.1) is 5.92 Å². The number of benzene rings is 1. The standard InChI is InChI=1S/C14H20BrN3O/c1-8(9-4-2-3-5-9)18-13-6-10(14(17)19)12(16)7-11(13)15/h6-9,18H,2-5,16H2,1H3,(H2,17,19). The van der Waals surface area contributed by atoms with Crippen LogP contribution in [0.3, 0.4) is 0 Å². The molecule has 4 nitrogen and oxygen atoms in total. The molecule has 0 radical (unpaired) electrons. The van der Waals surface area contributed by atoms with Gasteiger partial charge < -0.3 is 16.8 Å². The Morgan fingerprint density at radius 2 is 2.05 bits per heavy atom. The Hall–Kier alpha value is -1.23. The van der Waals surface area contributed by atoms with E-state index in [-0.39, 0.29) is 0 Å². The maximum Gasteiger partial charge on any atom is 0.250 e. The molecule has 1 unspecified atom stereocenters. The summed E-state index contributed by atoms with van der Waals surface area (Å²) in [6, 6.07) is 3.83. The van der Waals surface area contributed by atoms with Gasteiger partial charge >= 0.3 is 0 Å². The molecule has 0 spiro atoms. The highest BCUT2D eigenvalue weighted by molar-refractivity contribution is 9.10. The summed E-state index contributed by atoms with van der Waals surface area (Å²) in [6.07, 6.45) is 5.16. The molecule has 1 aromatic carbocycles.